The normalized spacial score (nSPS) is 14.4. The predicted octanol–water partition coefficient (Wildman–Crippen LogP) is 2.83. The van der Waals surface area contributed by atoms with Gasteiger partial charge in [-0.15, -0.1) is 0 Å². The second kappa shape index (κ2) is 7.40. The van der Waals surface area contributed by atoms with E-state index in [0.717, 1.165) is 29.6 Å². The zero-order chi connectivity index (χ0) is 22.5. The number of fused-ring (bicyclic) bond motifs is 1. The highest BCUT2D eigenvalue weighted by Crippen LogP contribution is 2.31. The van der Waals surface area contributed by atoms with E-state index in [4.69, 9.17) is 0 Å². The van der Waals surface area contributed by atoms with Crippen molar-refractivity contribution in [3.8, 4) is 17.0 Å². The number of carbonyl (C=O) groups is 1. The molecule has 3 aromatic heterocycles. The van der Waals surface area contributed by atoms with Gasteiger partial charge in [0.15, 0.2) is 11.2 Å². The van der Waals surface area contributed by atoms with E-state index in [-0.39, 0.29) is 29.7 Å². The Balaban J connectivity index is 1.91. The molecule has 2 N–H and O–H groups in total. The fourth-order valence-corrected chi connectivity index (χ4v) is 3.33. The van der Waals surface area contributed by atoms with Crippen LogP contribution in [-0.4, -0.2) is 36.2 Å². The molecule has 0 radical (unpaired) electrons. The average molecular weight is 435 g/mol. The molecular weight excluding hydrogens is 415 g/mol. The molecule has 0 bridgehead atoms. The molecule has 31 heavy (non-hydrogen) atoms. The van der Waals surface area contributed by atoms with E-state index < -0.39 is 34.8 Å². The first kappa shape index (κ1) is 20.9. The monoisotopic (exact) mass is 435 g/mol. The van der Waals surface area contributed by atoms with Crippen molar-refractivity contribution < 1.29 is 23.1 Å². The molecule has 1 aliphatic carbocycles. The van der Waals surface area contributed by atoms with Gasteiger partial charge in [0.2, 0.25) is 5.88 Å². The van der Waals surface area contributed by atoms with Crippen molar-refractivity contribution in [2.75, 3.05) is 0 Å². The van der Waals surface area contributed by atoms with Gasteiger partial charge in [-0.05, 0) is 24.8 Å². The maximum atomic E-state index is 13.2. The fraction of sp³-hybridized carbons (Fsp3) is 0.400. The van der Waals surface area contributed by atoms with Crippen molar-refractivity contribution in [1.29, 1.82) is 0 Å². The standard InChI is InChI=1S/C20H20F3N5O3/c1-10(2)9-27-17-13(11-3-6-14(24-7-11)20(21,22)23)8-25-28(17)19(31)15(18(27)30)16(29)26-12-4-5-12/h3,6-8,10,12,31H,4-5,9H2,1-2H3,(H,26,29). The van der Waals surface area contributed by atoms with Crippen LogP contribution in [0.1, 0.15) is 42.7 Å². The topological polar surface area (TPSA) is 102 Å². The Hall–Kier alpha value is -3.37. The molecule has 0 saturated heterocycles. The van der Waals surface area contributed by atoms with E-state index in [1.165, 1.54) is 16.8 Å². The molecule has 11 heteroatoms. The molecule has 1 amide bonds. The van der Waals surface area contributed by atoms with Crippen LogP contribution in [0.15, 0.2) is 29.3 Å². The van der Waals surface area contributed by atoms with Crippen molar-refractivity contribution in [3.05, 3.63) is 46.1 Å². The molecule has 0 aromatic carbocycles. The molecule has 0 unspecified atom stereocenters. The van der Waals surface area contributed by atoms with E-state index in [1.807, 2.05) is 13.8 Å². The van der Waals surface area contributed by atoms with Gasteiger partial charge in [-0.3, -0.25) is 19.1 Å². The van der Waals surface area contributed by atoms with Gasteiger partial charge in [0.25, 0.3) is 11.5 Å². The Labute approximate surface area is 174 Å². The zero-order valence-electron chi connectivity index (χ0n) is 16.8. The number of nitrogens with zero attached hydrogens (tertiary/aromatic N) is 4. The SMILES string of the molecule is CC(C)Cn1c(=O)c(C(=O)NC2CC2)c(O)n2ncc(-c3ccc(C(F)(F)F)nc3)c12. The molecule has 3 heterocycles. The molecule has 1 fully saturated rings. The number of hydrogen-bond acceptors (Lipinski definition) is 5. The van der Waals surface area contributed by atoms with Crippen molar-refractivity contribution in [2.24, 2.45) is 5.92 Å². The Morgan fingerprint density at radius 3 is 2.55 bits per heavy atom. The van der Waals surface area contributed by atoms with Crippen molar-refractivity contribution in [1.82, 2.24) is 24.5 Å². The first-order valence-corrected chi connectivity index (χ1v) is 9.76. The van der Waals surface area contributed by atoms with Crippen molar-refractivity contribution in [3.63, 3.8) is 0 Å². The summed E-state index contributed by atoms with van der Waals surface area (Å²) in [5.74, 6) is -1.30. The van der Waals surface area contributed by atoms with E-state index in [0.29, 0.717) is 5.56 Å². The number of rotatable bonds is 5. The highest BCUT2D eigenvalue weighted by molar-refractivity contribution is 5.97. The molecular formula is C20H20F3N5O3. The highest BCUT2D eigenvalue weighted by atomic mass is 19.4. The second-order valence-electron chi connectivity index (χ2n) is 7.98. The zero-order valence-corrected chi connectivity index (χ0v) is 16.8. The van der Waals surface area contributed by atoms with E-state index >= 15 is 0 Å². The number of pyridine rings is 1. The summed E-state index contributed by atoms with van der Waals surface area (Å²) in [5.41, 5.74) is -1.40. The first-order valence-electron chi connectivity index (χ1n) is 9.76. The number of aromatic nitrogens is 4. The second-order valence-corrected chi connectivity index (χ2v) is 7.98. The lowest BCUT2D eigenvalue weighted by molar-refractivity contribution is -0.141. The van der Waals surface area contributed by atoms with Crippen LogP contribution in [-0.2, 0) is 12.7 Å². The summed E-state index contributed by atoms with van der Waals surface area (Å²) < 4.78 is 40.9. The summed E-state index contributed by atoms with van der Waals surface area (Å²) in [6.45, 7) is 3.95. The number of nitrogens with one attached hydrogen (secondary N) is 1. The Bertz CT molecular complexity index is 1210. The fourth-order valence-electron chi connectivity index (χ4n) is 3.33. The van der Waals surface area contributed by atoms with Gasteiger partial charge >= 0.3 is 6.18 Å². The van der Waals surface area contributed by atoms with Crippen LogP contribution in [0, 0.1) is 5.92 Å². The maximum Gasteiger partial charge on any atom is 0.433 e. The molecule has 164 valence electrons. The van der Waals surface area contributed by atoms with Gasteiger partial charge in [-0.2, -0.15) is 22.8 Å². The van der Waals surface area contributed by atoms with Gasteiger partial charge in [0.05, 0.1) is 6.20 Å². The minimum absolute atomic E-state index is 0.00105. The van der Waals surface area contributed by atoms with Crippen LogP contribution >= 0.6 is 0 Å². The number of halogens is 3. The number of carbonyl (C=O) groups excluding carboxylic acids is 1. The third-order valence-electron chi connectivity index (χ3n) is 4.94. The number of amides is 1. The molecule has 0 spiro atoms. The lowest BCUT2D eigenvalue weighted by Crippen LogP contribution is -2.36. The third kappa shape index (κ3) is 3.87. The first-order chi connectivity index (χ1) is 14.6. The van der Waals surface area contributed by atoms with Gasteiger partial charge < -0.3 is 10.4 Å². The molecule has 1 aliphatic rings. The molecule has 0 atom stereocenters. The molecule has 8 nitrogen and oxygen atoms in total. The molecule has 4 rings (SSSR count). The predicted molar refractivity (Wildman–Crippen MR) is 105 cm³/mol. The van der Waals surface area contributed by atoms with Gasteiger partial charge in [-0.1, -0.05) is 19.9 Å². The molecule has 3 aromatic rings. The Morgan fingerprint density at radius 2 is 2.00 bits per heavy atom. The number of hydrogen-bond donors (Lipinski definition) is 2. The summed E-state index contributed by atoms with van der Waals surface area (Å²) in [4.78, 5) is 29.2. The van der Waals surface area contributed by atoms with Crippen LogP contribution in [0.3, 0.4) is 0 Å². The van der Waals surface area contributed by atoms with Gasteiger partial charge in [0, 0.05) is 29.9 Å². The maximum absolute atomic E-state index is 13.2. The van der Waals surface area contributed by atoms with Crippen molar-refractivity contribution >= 4 is 11.6 Å². The summed E-state index contributed by atoms with van der Waals surface area (Å²) in [6.07, 6.45) is -0.613. The van der Waals surface area contributed by atoms with Crippen LogP contribution in [0.5, 0.6) is 5.88 Å². The average Bonchev–Trinajstić information content (AvgIpc) is 3.38. The summed E-state index contributed by atoms with van der Waals surface area (Å²) in [5, 5.41) is 17.4. The van der Waals surface area contributed by atoms with E-state index in [1.54, 1.807) is 0 Å². The van der Waals surface area contributed by atoms with Gasteiger partial charge in [-0.25, -0.2) is 0 Å². The third-order valence-corrected chi connectivity index (χ3v) is 4.94. The van der Waals surface area contributed by atoms with Crippen LogP contribution in [0.2, 0.25) is 0 Å². The van der Waals surface area contributed by atoms with E-state index in [9.17, 15) is 27.9 Å². The van der Waals surface area contributed by atoms with Gasteiger partial charge in [0.1, 0.15) is 5.69 Å². The lowest BCUT2D eigenvalue weighted by atomic mass is 10.1. The summed E-state index contributed by atoms with van der Waals surface area (Å²) in [7, 11) is 0. The van der Waals surface area contributed by atoms with E-state index in [2.05, 4.69) is 15.4 Å². The van der Waals surface area contributed by atoms with Crippen LogP contribution in [0.4, 0.5) is 13.2 Å². The van der Waals surface area contributed by atoms with Crippen LogP contribution < -0.4 is 10.9 Å². The number of alkyl halides is 3. The lowest BCUT2D eigenvalue weighted by Gasteiger charge is -2.16. The number of aromatic hydroxyl groups is 1. The Morgan fingerprint density at radius 1 is 1.29 bits per heavy atom. The quantitative estimate of drug-likeness (QED) is 0.642. The Kier molecular flexibility index (Phi) is 4.98. The highest BCUT2D eigenvalue weighted by Gasteiger charge is 2.33. The minimum atomic E-state index is -4.58. The summed E-state index contributed by atoms with van der Waals surface area (Å²) in [6, 6.07) is 2.04. The molecule has 1 saturated carbocycles. The minimum Gasteiger partial charge on any atom is -0.492 e. The van der Waals surface area contributed by atoms with Crippen LogP contribution in [0.25, 0.3) is 16.8 Å². The smallest absolute Gasteiger partial charge is 0.433 e. The largest absolute Gasteiger partial charge is 0.492 e. The van der Waals surface area contributed by atoms with Crippen molar-refractivity contribution in [2.45, 2.75) is 45.5 Å². The molecule has 0 aliphatic heterocycles. The summed E-state index contributed by atoms with van der Waals surface area (Å²) >= 11 is 0.